The number of unbranched alkanes of at least 4 members (excludes halogenated alkanes) is 5. The zero-order chi connectivity index (χ0) is 13.5. The quantitative estimate of drug-likeness (QED) is 0.467. The second-order valence-corrected chi connectivity index (χ2v) is 4.42. The van der Waals surface area contributed by atoms with Crippen LogP contribution in [0.3, 0.4) is 0 Å². The Labute approximate surface area is 105 Å². The van der Waals surface area contributed by atoms with Crippen LogP contribution in [0.25, 0.3) is 0 Å². The Bertz CT molecular complexity index is 125. The third-order valence-electron chi connectivity index (χ3n) is 2.40. The zero-order valence-electron chi connectivity index (χ0n) is 11.3. The predicted molar refractivity (Wildman–Crippen MR) is 69.9 cm³/mol. The summed E-state index contributed by atoms with van der Waals surface area (Å²) in [4.78, 5) is 0. The van der Waals surface area contributed by atoms with Crippen LogP contribution in [0.4, 0.5) is 0 Å². The highest BCUT2D eigenvalue weighted by molar-refractivity contribution is 4.48. The van der Waals surface area contributed by atoms with Gasteiger partial charge in [0.1, 0.15) is 6.10 Å². The average Bonchev–Trinajstić information content (AvgIpc) is 2.33. The maximum Gasteiger partial charge on any atom is 0.100 e. The van der Waals surface area contributed by atoms with Gasteiger partial charge in [0.25, 0.3) is 0 Å². The molecule has 0 aromatic rings. The van der Waals surface area contributed by atoms with Gasteiger partial charge in [-0.1, -0.05) is 45.4 Å². The van der Waals surface area contributed by atoms with Crippen LogP contribution in [0, 0.1) is 0 Å². The first-order valence-electron chi connectivity index (χ1n) is 6.66. The van der Waals surface area contributed by atoms with Crippen LogP contribution in [0.2, 0.25) is 0 Å². The lowest BCUT2D eigenvalue weighted by Gasteiger charge is -2.02. The predicted octanol–water partition coefficient (Wildman–Crippen LogP) is 1.45. The largest absolute Gasteiger partial charge is 0.394 e. The average molecular weight is 250 g/mol. The molecule has 1 unspecified atom stereocenters. The van der Waals surface area contributed by atoms with E-state index >= 15 is 0 Å². The van der Waals surface area contributed by atoms with Gasteiger partial charge in [0.2, 0.25) is 0 Å². The molecule has 106 valence electrons. The van der Waals surface area contributed by atoms with Gasteiger partial charge in [-0.3, -0.25) is 0 Å². The van der Waals surface area contributed by atoms with Crippen molar-refractivity contribution in [3.05, 3.63) is 0 Å². The number of rotatable bonds is 9. The summed E-state index contributed by atoms with van der Waals surface area (Å²) in [7, 11) is 0. The summed E-state index contributed by atoms with van der Waals surface area (Å²) in [5, 5.41) is 33.0. The molecule has 0 radical (unpaired) electrons. The molecule has 0 heterocycles. The van der Waals surface area contributed by atoms with Gasteiger partial charge in [0.15, 0.2) is 0 Å². The first-order chi connectivity index (χ1) is 8.08. The SMILES string of the molecule is CCCCCCCCC(C)O.OCC(O)CO. The summed E-state index contributed by atoms with van der Waals surface area (Å²) in [6, 6.07) is 0. The lowest BCUT2D eigenvalue weighted by atomic mass is 10.1. The van der Waals surface area contributed by atoms with Crippen LogP contribution in [0.5, 0.6) is 0 Å². The number of aliphatic hydroxyl groups excluding tert-OH is 4. The molecular formula is C13H30O4. The molecule has 0 aliphatic heterocycles. The maximum atomic E-state index is 8.96. The Balaban J connectivity index is 0. The molecule has 0 aromatic heterocycles. The van der Waals surface area contributed by atoms with E-state index in [-0.39, 0.29) is 19.3 Å². The normalized spacial score (nSPS) is 12.2. The van der Waals surface area contributed by atoms with Gasteiger partial charge in [-0.15, -0.1) is 0 Å². The van der Waals surface area contributed by atoms with Crippen LogP contribution in [-0.4, -0.2) is 45.8 Å². The fourth-order valence-corrected chi connectivity index (χ4v) is 1.28. The topological polar surface area (TPSA) is 80.9 Å². The van der Waals surface area contributed by atoms with Crippen molar-refractivity contribution in [3.63, 3.8) is 0 Å². The van der Waals surface area contributed by atoms with Gasteiger partial charge in [-0.05, 0) is 13.3 Å². The molecule has 0 bridgehead atoms. The van der Waals surface area contributed by atoms with Crippen molar-refractivity contribution in [2.24, 2.45) is 0 Å². The van der Waals surface area contributed by atoms with Crippen molar-refractivity contribution < 1.29 is 20.4 Å². The van der Waals surface area contributed by atoms with E-state index in [0.29, 0.717) is 0 Å². The van der Waals surface area contributed by atoms with Crippen molar-refractivity contribution in [2.75, 3.05) is 13.2 Å². The molecule has 4 N–H and O–H groups in total. The third-order valence-corrected chi connectivity index (χ3v) is 2.40. The zero-order valence-corrected chi connectivity index (χ0v) is 11.3. The summed E-state index contributed by atoms with van der Waals surface area (Å²) in [5.41, 5.74) is 0. The van der Waals surface area contributed by atoms with E-state index in [1.54, 1.807) is 0 Å². The van der Waals surface area contributed by atoms with Gasteiger partial charge in [-0.2, -0.15) is 0 Å². The van der Waals surface area contributed by atoms with Gasteiger partial charge in [0, 0.05) is 0 Å². The summed E-state index contributed by atoms with van der Waals surface area (Å²) in [6.45, 7) is 3.37. The molecule has 0 amide bonds. The fourth-order valence-electron chi connectivity index (χ4n) is 1.28. The highest BCUT2D eigenvalue weighted by Crippen LogP contribution is 2.07. The molecule has 0 spiro atoms. The third kappa shape index (κ3) is 21.6. The minimum atomic E-state index is -0.954. The molecule has 0 aliphatic carbocycles. The molecule has 0 rings (SSSR count). The summed E-state index contributed by atoms with van der Waals surface area (Å²) >= 11 is 0. The van der Waals surface area contributed by atoms with E-state index < -0.39 is 6.10 Å². The maximum absolute atomic E-state index is 8.96. The van der Waals surface area contributed by atoms with E-state index in [2.05, 4.69) is 6.92 Å². The van der Waals surface area contributed by atoms with Crippen LogP contribution in [0.1, 0.15) is 58.8 Å². The van der Waals surface area contributed by atoms with E-state index in [1.807, 2.05) is 6.92 Å². The molecule has 4 nitrogen and oxygen atoms in total. The summed E-state index contributed by atoms with van der Waals surface area (Å²) in [5.74, 6) is 0. The smallest absolute Gasteiger partial charge is 0.100 e. The molecule has 4 heteroatoms. The molecule has 17 heavy (non-hydrogen) atoms. The van der Waals surface area contributed by atoms with E-state index in [9.17, 15) is 0 Å². The summed E-state index contributed by atoms with van der Waals surface area (Å²) in [6.07, 6.45) is 7.83. The Kier molecular flexibility index (Phi) is 17.9. The summed E-state index contributed by atoms with van der Waals surface area (Å²) < 4.78 is 0. The monoisotopic (exact) mass is 250 g/mol. The first-order valence-corrected chi connectivity index (χ1v) is 6.66. The van der Waals surface area contributed by atoms with Gasteiger partial charge >= 0.3 is 0 Å². The number of hydrogen-bond acceptors (Lipinski definition) is 4. The molecule has 0 saturated carbocycles. The van der Waals surface area contributed by atoms with Crippen LogP contribution < -0.4 is 0 Å². The lowest BCUT2D eigenvalue weighted by molar-refractivity contribution is 0.0450. The van der Waals surface area contributed by atoms with Crippen molar-refractivity contribution >= 4 is 0 Å². The fraction of sp³-hybridized carbons (Fsp3) is 1.00. The second-order valence-electron chi connectivity index (χ2n) is 4.42. The van der Waals surface area contributed by atoms with E-state index in [1.165, 1.54) is 38.5 Å². The molecule has 0 aliphatic rings. The minimum Gasteiger partial charge on any atom is -0.394 e. The Morgan fingerprint density at radius 3 is 1.65 bits per heavy atom. The lowest BCUT2D eigenvalue weighted by Crippen LogP contribution is -2.15. The minimum absolute atomic E-state index is 0.0961. The van der Waals surface area contributed by atoms with Crippen LogP contribution >= 0.6 is 0 Å². The molecule has 1 atom stereocenters. The van der Waals surface area contributed by atoms with Gasteiger partial charge in [0.05, 0.1) is 19.3 Å². The highest BCUT2D eigenvalue weighted by atomic mass is 16.3. The Morgan fingerprint density at radius 2 is 1.29 bits per heavy atom. The van der Waals surface area contributed by atoms with Crippen molar-refractivity contribution in [1.29, 1.82) is 0 Å². The standard InChI is InChI=1S/C10H22O.C3H8O3/c1-3-4-5-6-7-8-9-10(2)11;4-1-3(6)2-5/h10-11H,3-9H2,1-2H3;3-6H,1-2H2. The van der Waals surface area contributed by atoms with Crippen LogP contribution in [-0.2, 0) is 0 Å². The van der Waals surface area contributed by atoms with Crippen molar-refractivity contribution in [3.8, 4) is 0 Å². The second kappa shape index (κ2) is 15.8. The number of aliphatic hydroxyl groups is 4. The van der Waals surface area contributed by atoms with Crippen molar-refractivity contribution in [1.82, 2.24) is 0 Å². The molecule has 0 saturated heterocycles. The molecule has 0 fully saturated rings. The molecule has 0 aromatic carbocycles. The van der Waals surface area contributed by atoms with Crippen molar-refractivity contribution in [2.45, 2.75) is 71.0 Å². The van der Waals surface area contributed by atoms with Crippen LogP contribution in [0.15, 0.2) is 0 Å². The van der Waals surface area contributed by atoms with E-state index in [4.69, 9.17) is 20.4 Å². The van der Waals surface area contributed by atoms with Gasteiger partial charge in [-0.25, -0.2) is 0 Å². The Morgan fingerprint density at radius 1 is 0.824 bits per heavy atom. The highest BCUT2D eigenvalue weighted by Gasteiger charge is 1.94. The number of hydrogen-bond donors (Lipinski definition) is 4. The molecular weight excluding hydrogens is 220 g/mol. The van der Waals surface area contributed by atoms with E-state index in [0.717, 1.165) is 6.42 Å². The first kappa shape index (κ1) is 19.2. The van der Waals surface area contributed by atoms with Gasteiger partial charge < -0.3 is 20.4 Å². The Hall–Kier alpha value is -0.160.